The zero-order chi connectivity index (χ0) is 25.0. The van der Waals surface area contributed by atoms with E-state index in [1.807, 2.05) is 43.4 Å². The van der Waals surface area contributed by atoms with E-state index in [4.69, 9.17) is 13.9 Å². The first kappa shape index (κ1) is 27.1. The van der Waals surface area contributed by atoms with E-state index in [1.54, 1.807) is 20.8 Å². The summed E-state index contributed by atoms with van der Waals surface area (Å²) in [4.78, 5) is 39.7. The highest BCUT2D eigenvalue weighted by Gasteiger charge is 2.45. The monoisotopic (exact) mass is 477 g/mol. The number of nitrogens with zero attached hydrogens (tertiary/aromatic N) is 1. The fraction of sp³-hybridized carbons (Fsp3) is 0.640. The summed E-state index contributed by atoms with van der Waals surface area (Å²) in [5, 5.41) is -0.146. The Morgan fingerprint density at radius 1 is 1.12 bits per heavy atom. The Bertz CT molecular complexity index is 841. The van der Waals surface area contributed by atoms with Crippen molar-refractivity contribution in [2.45, 2.75) is 96.7 Å². The zero-order valence-electron chi connectivity index (χ0n) is 21.3. The van der Waals surface area contributed by atoms with Gasteiger partial charge in [0.25, 0.3) is 5.91 Å². The second-order valence-corrected chi connectivity index (χ2v) is 15.9. The Morgan fingerprint density at radius 2 is 1.73 bits per heavy atom. The molecule has 0 saturated carbocycles. The number of esters is 1. The zero-order valence-corrected chi connectivity index (χ0v) is 22.3. The predicted molar refractivity (Wildman–Crippen MR) is 129 cm³/mol. The van der Waals surface area contributed by atoms with Crippen LogP contribution in [0.25, 0.3) is 0 Å². The minimum atomic E-state index is -2.37. The van der Waals surface area contributed by atoms with Gasteiger partial charge in [-0.15, -0.1) is 0 Å². The third-order valence-corrected chi connectivity index (χ3v) is 10.5. The third-order valence-electron chi connectivity index (χ3n) is 6.06. The molecule has 2 atom stereocenters. The SMILES string of the molecule is CC(C)(C)OC(=O)CC[C@H](O[Si](C)(C)C(C)(C)C)C(=O)N1C(=O)OC[C@H]1Cc1ccccc1. The fourth-order valence-electron chi connectivity index (χ4n) is 3.33. The van der Waals surface area contributed by atoms with Crippen molar-refractivity contribution >= 4 is 26.3 Å². The molecule has 184 valence electrons. The highest BCUT2D eigenvalue weighted by Crippen LogP contribution is 2.38. The maximum Gasteiger partial charge on any atom is 0.417 e. The van der Waals surface area contributed by atoms with Crippen molar-refractivity contribution in [3.05, 3.63) is 35.9 Å². The smallest absolute Gasteiger partial charge is 0.417 e. The van der Waals surface area contributed by atoms with E-state index in [2.05, 4.69) is 20.8 Å². The molecule has 1 fully saturated rings. The van der Waals surface area contributed by atoms with Gasteiger partial charge >= 0.3 is 12.1 Å². The van der Waals surface area contributed by atoms with E-state index in [0.717, 1.165) is 5.56 Å². The lowest BCUT2D eigenvalue weighted by Gasteiger charge is -2.39. The summed E-state index contributed by atoms with van der Waals surface area (Å²) in [5.74, 6) is -0.851. The van der Waals surface area contributed by atoms with Crippen molar-refractivity contribution in [1.29, 1.82) is 0 Å². The van der Waals surface area contributed by atoms with E-state index in [9.17, 15) is 14.4 Å². The molecule has 0 unspecified atom stereocenters. The van der Waals surface area contributed by atoms with Crippen molar-refractivity contribution in [3.63, 3.8) is 0 Å². The van der Waals surface area contributed by atoms with Crippen molar-refractivity contribution < 1.29 is 28.3 Å². The lowest BCUT2D eigenvalue weighted by molar-refractivity contribution is -0.155. The summed E-state index contributed by atoms with van der Waals surface area (Å²) < 4.78 is 17.1. The molecule has 1 heterocycles. The largest absolute Gasteiger partial charge is 0.460 e. The normalized spacial score (nSPS) is 18.1. The van der Waals surface area contributed by atoms with Gasteiger partial charge in [-0.3, -0.25) is 9.59 Å². The number of rotatable bonds is 8. The van der Waals surface area contributed by atoms with E-state index in [1.165, 1.54) is 4.90 Å². The minimum absolute atomic E-state index is 0.0224. The Hall–Kier alpha value is -2.19. The van der Waals surface area contributed by atoms with Crippen LogP contribution >= 0.6 is 0 Å². The highest BCUT2D eigenvalue weighted by atomic mass is 28.4. The number of imide groups is 1. The van der Waals surface area contributed by atoms with Gasteiger partial charge in [0, 0.05) is 6.42 Å². The molecule has 1 aliphatic rings. The first-order chi connectivity index (χ1) is 15.1. The second-order valence-electron chi connectivity index (χ2n) is 11.1. The summed E-state index contributed by atoms with van der Waals surface area (Å²) in [6.07, 6.45) is -0.933. The van der Waals surface area contributed by atoms with Gasteiger partial charge in [0.15, 0.2) is 8.32 Å². The van der Waals surface area contributed by atoms with Crippen molar-refractivity contribution in [1.82, 2.24) is 4.90 Å². The molecule has 1 aromatic rings. The molecule has 2 rings (SSSR count). The summed E-state index contributed by atoms with van der Waals surface area (Å²) >= 11 is 0. The van der Waals surface area contributed by atoms with Crippen LogP contribution in [0.4, 0.5) is 4.79 Å². The van der Waals surface area contributed by atoms with E-state index in [0.29, 0.717) is 6.42 Å². The molecular weight excluding hydrogens is 438 g/mol. The number of cyclic esters (lactones) is 1. The van der Waals surface area contributed by atoms with Gasteiger partial charge in [-0.25, -0.2) is 9.69 Å². The van der Waals surface area contributed by atoms with Crippen molar-refractivity contribution in [3.8, 4) is 0 Å². The molecule has 0 N–H and O–H groups in total. The topological polar surface area (TPSA) is 82.1 Å². The number of hydrogen-bond donors (Lipinski definition) is 0. The molecular formula is C25H39NO6Si. The molecule has 0 bridgehead atoms. The van der Waals surface area contributed by atoms with Gasteiger partial charge < -0.3 is 13.9 Å². The number of hydrogen-bond acceptors (Lipinski definition) is 6. The van der Waals surface area contributed by atoms with Gasteiger partial charge in [0.1, 0.15) is 18.3 Å². The molecule has 2 amide bonds. The second kappa shape index (κ2) is 10.4. The van der Waals surface area contributed by atoms with Gasteiger partial charge in [-0.05, 0) is 57.3 Å². The molecule has 0 radical (unpaired) electrons. The average Bonchev–Trinajstić information content (AvgIpc) is 3.03. The van der Waals surface area contributed by atoms with Crippen LogP contribution in [0.15, 0.2) is 30.3 Å². The predicted octanol–water partition coefficient (Wildman–Crippen LogP) is 5.09. The quantitative estimate of drug-likeness (QED) is 0.383. The van der Waals surface area contributed by atoms with Crippen molar-refractivity contribution in [2.24, 2.45) is 0 Å². The minimum Gasteiger partial charge on any atom is -0.460 e. The van der Waals surface area contributed by atoms with E-state index < -0.39 is 44.0 Å². The van der Waals surface area contributed by atoms with Gasteiger partial charge in [0.2, 0.25) is 0 Å². The Kier molecular flexibility index (Phi) is 8.51. The Balaban J connectivity index is 2.24. The van der Waals surface area contributed by atoms with Crippen LogP contribution in [0.3, 0.4) is 0 Å². The molecule has 8 heteroatoms. The van der Waals surface area contributed by atoms with Crippen LogP contribution in [-0.4, -0.2) is 55.5 Å². The van der Waals surface area contributed by atoms with Gasteiger partial charge in [0.05, 0.1) is 6.04 Å². The number of amides is 2. The van der Waals surface area contributed by atoms with Crippen LogP contribution in [-0.2, 0) is 29.9 Å². The van der Waals surface area contributed by atoms with Crippen LogP contribution in [0, 0.1) is 0 Å². The lowest BCUT2D eigenvalue weighted by Crippen LogP contribution is -2.52. The fourth-order valence-corrected chi connectivity index (χ4v) is 4.61. The van der Waals surface area contributed by atoms with Crippen LogP contribution in [0.2, 0.25) is 18.1 Å². The third kappa shape index (κ3) is 7.67. The Labute approximate surface area is 198 Å². The summed E-state index contributed by atoms with van der Waals surface area (Å²) in [6.45, 7) is 15.9. The molecule has 0 spiro atoms. The van der Waals surface area contributed by atoms with Gasteiger partial charge in [-0.2, -0.15) is 0 Å². The molecule has 0 aromatic heterocycles. The highest BCUT2D eigenvalue weighted by molar-refractivity contribution is 6.74. The Morgan fingerprint density at radius 3 is 2.27 bits per heavy atom. The molecule has 0 aliphatic carbocycles. The molecule has 33 heavy (non-hydrogen) atoms. The molecule has 1 saturated heterocycles. The van der Waals surface area contributed by atoms with Crippen molar-refractivity contribution in [2.75, 3.05) is 6.61 Å². The molecule has 1 aliphatic heterocycles. The number of ether oxygens (including phenoxy) is 2. The standard InChI is InChI=1S/C25H39NO6Si/c1-24(2,3)31-21(27)15-14-20(32-33(7,8)25(4,5)6)22(28)26-19(17-30-23(26)29)16-18-12-10-9-11-13-18/h9-13,19-20H,14-17H2,1-8H3/t19-,20+/m1/s1. The van der Waals surface area contributed by atoms with Crippen LogP contribution in [0.5, 0.6) is 0 Å². The lowest BCUT2D eigenvalue weighted by atomic mass is 10.0. The summed E-state index contributed by atoms with van der Waals surface area (Å²) in [6, 6.07) is 9.25. The van der Waals surface area contributed by atoms with E-state index in [-0.39, 0.29) is 24.5 Å². The average molecular weight is 478 g/mol. The maximum atomic E-state index is 13.6. The van der Waals surface area contributed by atoms with Crippen LogP contribution in [0.1, 0.15) is 59.9 Å². The van der Waals surface area contributed by atoms with E-state index >= 15 is 0 Å². The van der Waals surface area contributed by atoms with Gasteiger partial charge in [-0.1, -0.05) is 51.1 Å². The van der Waals surface area contributed by atoms with Crippen LogP contribution < -0.4 is 0 Å². The first-order valence-electron chi connectivity index (χ1n) is 11.5. The summed E-state index contributed by atoms with van der Waals surface area (Å²) in [5.41, 5.74) is 0.394. The maximum absolute atomic E-state index is 13.6. The molecule has 7 nitrogen and oxygen atoms in total. The molecule has 1 aromatic carbocycles. The number of carbonyl (C=O) groups excluding carboxylic acids is 3. The summed E-state index contributed by atoms with van der Waals surface area (Å²) in [7, 11) is -2.37. The number of carbonyl (C=O) groups is 3. The first-order valence-corrected chi connectivity index (χ1v) is 14.4. The number of benzene rings is 1.